The number of anilines is 2. The Kier molecular flexibility index (Phi) is 3.22. The quantitative estimate of drug-likeness (QED) is 0.785. The summed E-state index contributed by atoms with van der Waals surface area (Å²) in [5.74, 6) is -0.460. The molecule has 0 saturated heterocycles. The predicted molar refractivity (Wildman–Crippen MR) is 73.5 cm³/mol. The lowest BCUT2D eigenvalue weighted by molar-refractivity contribution is -0.123. The van der Waals surface area contributed by atoms with E-state index in [0.29, 0.717) is 23.5 Å². The molecule has 0 aromatic heterocycles. The molecular formula is C14H18N2O3. The largest absolute Gasteiger partial charge is 0.465 e. The fraction of sp³-hybridized carbons (Fsp3) is 0.429. The Morgan fingerprint density at radius 3 is 2.74 bits per heavy atom. The van der Waals surface area contributed by atoms with Crippen molar-refractivity contribution >= 4 is 23.3 Å². The Bertz CT molecular complexity index is 537. The highest BCUT2D eigenvalue weighted by Gasteiger charge is 2.35. The minimum Gasteiger partial charge on any atom is -0.465 e. The van der Waals surface area contributed by atoms with E-state index in [4.69, 9.17) is 4.74 Å². The van der Waals surface area contributed by atoms with Crippen molar-refractivity contribution in [2.45, 2.75) is 13.8 Å². The van der Waals surface area contributed by atoms with Crippen LogP contribution in [0.25, 0.3) is 0 Å². The van der Waals surface area contributed by atoms with Gasteiger partial charge in [0.2, 0.25) is 5.91 Å². The maximum Gasteiger partial charge on any atom is 0.340 e. The van der Waals surface area contributed by atoms with Gasteiger partial charge in [0.1, 0.15) is 0 Å². The first-order valence-electron chi connectivity index (χ1n) is 6.11. The number of carbonyl (C=O) groups is 2. The fourth-order valence-electron chi connectivity index (χ4n) is 2.37. The van der Waals surface area contributed by atoms with Gasteiger partial charge >= 0.3 is 5.97 Å². The second-order valence-corrected chi connectivity index (χ2v) is 5.39. The molecule has 5 heteroatoms. The molecule has 0 atom stereocenters. The third-order valence-corrected chi connectivity index (χ3v) is 3.32. The van der Waals surface area contributed by atoms with Gasteiger partial charge in [0.15, 0.2) is 0 Å². The third kappa shape index (κ3) is 2.28. The van der Waals surface area contributed by atoms with E-state index in [2.05, 4.69) is 5.32 Å². The van der Waals surface area contributed by atoms with E-state index in [0.717, 1.165) is 0 Å². The van der Waals surface area contributed by atoms with Gasteiger partial charge in [-0.25, -0.2) is 4.79 Å². The number of methoxy groups -OCH3 is 1. The summed E-state index contributed by atoms with van der Waals surface area (Å²) in [5.41, 5.74) is 1.27. The molecule has 0 saturated carbocycles. The standard InChI is InChI=1S/C14H18N2O3/c1-14(2)8-16(3)11-9(12(17)19-4)6-5-7-10(11)15-13(14)18/h5-7H,8H2,1-4H3,(H,15,18). The van der Waals surface area contributed by atoms with Crippen molar-refractivity contribution in [1.82, 2.24) is 0 Å². The van der Waals surface area contributed by atoms with Crippen molar-refractivity contribution in [2.75, 3.05) is 30.9 Å². The van der Waals surface area contributed by atoms with Crippen LogP contribution in [0.1, 0.15) is 24.2 Å². The van der Waals surface area contributed by atoms with Crippen molar-refractivity contribution in [1.29, 1.82) is 0 Å². The van der Waals surface area contributed by atoms with Gasteiger partial charge in [-0.05, 0) is 26.0 Å². The van der Waals surface area contributed by atoms with Gasteiger partial charge in [-0.1, -0.05) is 6.07 Å². The Hall–Kier alpha value is -2.04. The lowest BCUT2D eigenvalue weighted by Crippen LogP contribution is -2.37. The molecular weight excluding hydrogens is 244 g/mol. The number of hydrogen-bond donors (Lipinski definition) is 1. The van der Waals surface area contributed by atoms with Gasteiger partial charge in [-0.3, -0.25) is 4.79 Å². The van der Waals surface area contributed by atoms with Crippen LogP contribution in [-0.2, 0) is 9.53 Å². The molecule has 1 heterocycles. The molecule has 1 aliphatic rings. The third-order valence-electron chi connectivity index (χ3n) is 3.32. The van der Waals surface area contributed by atoms with Crippen LogP contribution in [0.5, 0.6) is 0 Å². The molecule has 1 aromatic rings. The van der Waals surface area contributed by atoms with E-state index < -0.39 is 11.4 Å². The molecule has 0 spiro atoms. The van der Waals surface area contributed by atoms with Crippen LogP contribution in [0.3, 0.4) is 0 Å². The molecule has 0 fully saturated rings. The van der Waals surface area contributed by atoms with Crippen molar-refractivity contribution in [2.24, 2.45) is 5.41 Å². The molecule has 0 radical (unpaired) electrons. The van der Waals surface area contributed by atoms with Gasteiger partial charge < -0.3 is 15.0 Å². The van der Waals surface area contributed by atoms with Crippen molar-refractivity contribution in [3.63, 3.8) is 0 Å². The summed E-state index contributed by atoms with van der Waals surface area (Å²) in [6.07, 6.45) is 0. The highest BCUT2D eigenvalue weighted by Crippen LogP contribution is 2.36. The average Bonchev–Trinajstić information content (AvgIpc) is 2.44. The van der Waals surface area contributed by atoms with E-state index in [-0.39, 0.29) is 5.91 Å². The normalized spacial score (nSPS) is 17.3. The van der Waals surface area contributed by atoms with Crippen LogP contribution in [0.2, 0.25) is 0 Å². The Balaban J connectivity index is 2.57. The summed E-state index contributed by atoms with van der Waals surface area (Å²) in [7, 11) is 3.22. The maximum atomic E-state index is 12.1. The second-order valence-electron chi connectivity index (χ2n) is 5.39. The molecule has 5 nitrogen and oxygen atoms in total. The van der Waals surface area contributed by atoms with E-state index in [1.54, 1.807) is 18.2 Å². The summed E-state index contributed by atoms with van der Waals surface area (Å²) < 4.78 is 4.79. The van der Waals surface area contributed by atoms with Gasteiger partial charge in [-0.15, -0.1) is 0 Å². The zero-order valence-corrected chi connectivity index (χ0v) is 11.6. The molecule has 1 N–H and O–H groups in total. The molecule has 1 aromatic carbocycles. The molecule has 2 rings (SSSR count). The Morgan fingerprint density at radius 1 is 1.42 bits per heavy atom. The minimum atomic E-state index is -0.527. The lowest BCUT2D eigenvalue weighted by Gasteiger charge is -2.27. The van der Waals surface area contributed by atoms with Crippen LogP contribution >= 0.6 is 0 Å². The van der Waals surface area contributed by atoms with Crippen molar-refractivity contribution < 1.29 is 14.3 Å². The fourth-order valence-corrected chi connectivity index (χ4v) is 2.37. The number of rotatable bonds is 1. The lowest BCUT2D eigenvalue weighted by atomic mass is 9.92. The summed E-state index contributed by atoms with van der Waals surface area (Å²) in [4.78, 5) is 25.9. The number of para-hydroxylation sites is 1. The molecule has 1 aliphatic heterocycles. The zero-order chi connectivity index (χ0) is 14.2. The number of esters is 1. The van der Waals surface area contributed by atoms with Crippen LogP contribution in [-0.4, -0.2) is 32.6 Å². The Morgan fingerprint density at radius 2 is 2.11 bits per heavy atom. The molecule has 19 heavy (non-hydrogen) atoms. The topological polar surface area (TPSA) is 58.6 Å². The molecule has 0 bridgehead atoms. The monoisotopic (exact) mass is 262 g/mol. The smallest absolute Gasteiger partial charge is 0.340 e. The number of nitrogens with zero attached hydrogens (tertiary/aromatic N) is 1. The molecule has 0 unspecified atom stereocenters. The van der Waals surface area contributed by atoms with Gasteiger partial charge in [0.05, 0.1) is 29.5 Å². The van der Waals surface area contributed by atoms with Gasteiger partial charge in [-0.2, -0.15) is 0 Å². The van der Waals surface area contributed by atoms with Crippen LogP contribution in [0.4, 0.5) is 11.4 Å². The highest BCUT2D eigenvalue weighted by atomic mass is 16.5. The minimum absolute atomic E-state index is 0.0554. The van der Waals surface area contributed by atoms with E-state index >= 15 is 0 Å². The van der Waals surface area contributed by atoms with E-state index in [1.807, 2.05) is 25.8 Å². The molecule has 0 aliphatic carbocycles. The summed E-state index contributed by atoms with van der Waals surface area (Å²) >= 11 is 0. The number of carbonyl (C=O) groups excluding carboxylic acids is 2. The van der Waals surface area contributed by atoms with Crippen molar-refractivity contribution in [3.05, 3.63) is 23.8 Å². The number of amides is 1. The highest BCUT2D eigenvalue weighted by molar-refractivity contribution is 6.05. The predicted octanol–water partition coefficient (Wildman–Crippen LogP) is 1.89. The SMILES string of the molecule is COC(=O)c1cccc2c1N(C)CC(C)(C)C(=O)N2. The number of nitrogens with one attached hydrogen (secondary N) is 1. The number of fused-ring (bicyclic) bond motifs is 1. The Labute approximate surface area is 112 Å². The molecule has 1 amide bonds. The van der Waals surface area contributed by atoms with Crippen molar-refractivity contribution in [3.8, 4) is 0 Å². The van der Waals surface area contributed by atoms with Crippen LogP contribution in [0, 0.1) is 5.41 Å². The van der Waals surface area contributed by atoms with Crippen LogP contribution in [0.15, 0.2) is 18.2 Å². The number of hydrogen-bond acceptors (Lipinski definition) is 4. The number of benzene rings is 1. The first-order chi connectivity index (χ1) is 8.86. The first kappa shape index (κ1) is 13.4. The summed E-state index contributed by atoms with van der Waals surface area (Å²) in [6.45, 7) is 4.28. The number of ether oxygens (including phenoxy) is 1. The maximum absolute atomic E-state index is 12.1. The average molecular weight is 262 g/mol. The molecule has 102 valence electrons. The zero-order valence-electron chi connectivity index (χ0n) is 11.6. The summed E-state index contributed by atoms with van der Waals surface area (Å²) in [6, 6.07) is 5.22. The van der Waals surface area contributed by atoms with Gasteiger partial charge in [0, 0.05) is 13.6 Å². The van der Waals surface area contributed by atoms with E-state index in [1.165, 1.54) is 7.11 Å². The first-order valence-corrected chi connectivity index (χ1v) is 6.11. The van der Waals surface area contributed by atoms with Crippen LogP contribution < -0.4 is 10.2 Å². The van der Waals surface area contributed by atoms with E-state index in [9.17, 15) is 9.59 Å². The second kappa shape index (κ2) is 4.57. The summed E-state index contributed by atoms with van der Waals surface area (Å²) in [5, 5.41) is 2.87. The van der Waals surface area contributed by atoms with Gasteiger partial charge in [0.25, 0.3) is 0 Å².